The van der Waals surface area contributed by atoms with Gasteiger partial charge in [0.05, 0.1) is 0 Å². The number of rotatable bonds is 1. The van der Waals surface area contributed by atoms with Crippen LogP contribution in [0.4, 0.5) is 0 Å². The van der Waals surface area contributed by atoms with Gasteiger partial charge in [0, 0.05) is 0 Å². The second-order valence-electron chi connectivity index (χ2n) is 3.88. The average molecular weight is 222 g/mol. The van der Waals surface area contributed by atoms with E-state index in [1.165, 1.54) is 11.1 Å². The fourth-order valence-electron chi connectivity index (χ4n) is 1.87. The van der Waals surface area contributed by atoms with Crippen LogP contribution in [0.3, 0.4) is 0 Å². The molecule has 0 aromatic heterocycles. The molecule has 0 N–H and O–H groups in total. The second-order valence-corrected chi connectivity index (χ2v) is 4.35. The standard InChI is InChI=1S/C11H15O.Co/c1-7-8(2)10(4)11(5,6-12)9(7)3;/h1-5H3;. The summed E-state index contributed by atoms with van der Waals surface area (Å²) in [7, 11) is 0. The maximum atomic E-state index is 11.5. The van der Waals surface area contributed by atoms with Crippen LogP contribution in [0.1, 0.15) is 34.6 Å². The first-order valence-electron chi connectivity index (χ1n) is 4.37. The number of carbonyl (C=O) groups is 1. The predicted octanol–water partition coefficient (Wildman–Crippen LogP) is 2.75. The molecule has 0 spiro atoms. The van der Waals surface area contributed by atoms with Crippen molar-refractivity contribution in [3.63, 3.8) is 0 Å². The van der Waals surface area contributed by atoms with Crippen molar-refractivity contribution in [2.75, 3.05) is 0 Å². The van der Waals surface area contributed by atoms with E-state index in [1.54, 1.807) is 0 Å². The Morgan fingerprint density at radius 3 is 1.54 bits per heavy atom. The zero-order valence-corrected chi connectivity index (χ0v) is 9.78. The summed E-state index contributed by atoms with van der Waals surface area (Å²) >= 11 is 4.02. The van der Waals surface area contributed by atoms with Crippen LogP contribution in [0.2, 0.25) is 0 Å². The number of carbonyl (C=O) groups excluding carboxylic acids is 1. The van der Waals surface area contributed by atoms with Crippen LogP contribution in [-0.2, 0) is 20.5 Å². The van der Waals surface area contributed by atoms with E-state index in [4.69, 9.17) is 0 Å². The van der Waals surface area contributed by atoms with E-state index in [0.717, 1.165) is 11.1 Å². The fraction of sp³-hybridized carbons (Fsp3) is 0.545. The van der Waals surface area contributed by atoms with Crippen molar-refractivity contribution in [1.29, 1.82) is 0 Å². The third kappa shape index (κ3) is 1.24. The first-order chi connectivity index (χ1) is 5.83. The maximum absolute atomic E-state index is 11.5. The number of allylic oxidation sites excluding steroid dienone is 4. The minimum absolute atomic E-state index is 0.0637. The van der Waals surface area contributed by atoms with Gasteiger partial charge in [-0.05, 0) is 0 Å². The van der Waals surface area contributed by atoms with Gasteiger partial charge in [-0.2, -0.15) is 0 Å². The van der Waals surface area contributed by atoms with E-state index < -0.39 is 5.41 Å². The quantitative estimate of drug-likeness (QED) is 0.666. The van der Waals surface area contributed by atoms with Crippen molar-refractivity contribution in [2.24, 2.45) is 5.41 Å². The first-order valence-corrected chi connectivity index (χ1v) is 4.89. The Bertz CT molecular complexity index is 310. The van der Waals surface area contributed by atoms with Gasteiger partial charge in [0.2, 0.25) is 0 Å². The Morgan fingerprint density at radius 1 is 1.08 bits per heavy atom. The Morgan fingerprint density at radius 2 is 1.38 bits per heavy atom. The third-order valence-corrected chi connectivity index (χ3v) is 4.08. The zero-order chi connectivity index (χ0) is 10.4. The third-order valence-electron chi connectivity index (χ3n) is 3.56. The zero-order valence-electron chi connectivity index (χ0n) is 8.74. The molecule has 2 heteroatoms. The molecule has 0 heterocycles. The van der Waals surface area contributed by atoms with Gasteiger partial charge < -0.3 is 0 Å². The minimum atomic E-state index is -0.464. The van der Waals surface area contributed by atoms with Crippen molar-refractivity contribution in [1.82, 2.24) is 0 Å². The van der Waals surface area contributed by atoms with Crippen LogP contribution in [0, 0.1) is 5.41 Å². The monoisotopic (exact) mass is 222 g/mol. The summed E-state index contributed by atoms with van der Waals surface area (Å²) < 4.78 is -0.0637. The summed E-state index contributed by atoms with van der Waals surface area (Å²) in [6.07, 6.45) is 0. The molecule has 0 saturated carbocycles. The number of hydrogen-bond acceptors (Lipinski definition) is 1. The summed E-state index contributed by atoms with van der Waals surface area (Å²) in [5, 5.41) is 0. The molecule has 0 atom stereocenters. The molecular formula is C11H15CoO. The van der Waals surface area contributed by atoms with Crippen molar-refractivity contribution < 1.29 is 20.5 Å². The van der Waals surface area contributed by atoms with Gasteiger partial charge in [-0.25, -0.2) is 0 Å². The summed E-state index contributed by atoms with van der Waals surface area (Å²) in [6, 6.07) is 0. The molecule has 0 bridgehead atoms. The van der Waals surface area contributed by atoms with E-state index in [9.17, 15) is 4.79 Å². The van der Waals surface area contributed by atoms with Crippen molar-refractivity contribution in [2.45, 2.75) is 34.6 Å². The van der Waals surface area contributed by atoms with Gasteiger partial charge in [0.15, 0.2) is 0 Å². The first kappa shape index (κ1) is 10.7. The van der Waals surface area contributed by atoms with Gasteiger partial charge in [0.1, 0.15) is 0 Å². The molecule has 0 amide bonds. The fourth-order valence-corrected chi connectivity index (χ4v) is 2.26. The Balaban J connectivity index is 3.39. The molecule has 0 unspecified atom stereocenters. The van der Waals surface area contributed by atoms with Crippen LogP contribution < -0.4 is 0 Å². The molecule has 1 aliphatic carbocycles. The summed E-state index contributed by atoms with van der Waals surface area (Å²) in [5.74, 6) is 0. The van der Waals surface area contributed by atoms with Crippen LogP contribution in [-0.4, -0.2) is 4.72 Å². The van der Waals surface area contributed by atoms with Gasteiger partial charge in [0.25, 0.3) is 0 Å². The SMILES string of the molecule is CC1=C(C)C(C)([C](=O)[Co])C(C)=C1C. The normalized spacial score (nSPS) is 21.5. The summed E-state index contributed by atoms with van der Waals surface area (Å²) in [6.45, 7) is 10.1. The molecule has 1 aliphatic rings. The van der Waals surface area contributed by atoms with Gasteiger partial charge >= 0.3 is 87.6 Å². The Labute approximate surface area is 87.9 Å². The van der Waals surface area contributed by atoms with E-state index in [0.29, 0.717) is 0 Å². The van der Waals surface area contributed by atoms with Crippen molar-refractivity contribution >= 4 is 4.72 Å². The molecule has 0 saturated heterocycles. The van der Waals surface area contributed by atoms with Crippen LogP contribution in [0.5, 0.6) is 0 Å². The molecule has 0 aromatic rings. The van der Waals surface area contributed by atoms with Crippen LogP contribution in [0.25, 0.3) is 0 Å². The number of hydrogen-bond donors (Lipinski definition) is 0. The average Bonchev–Trinajstić information content (AvgIpc) is 2.22. The Hall–Kier alpha value is -0.344. The molecule has 0 fully saturated rings. The van der Waals surface area contributed by atoms with Gasteiger partial charge in [-0.15, -0.1) is 0 Å². The molecule has 1 nitrogen and oxygen atoms in total. The van der Waals surface area contributed by atoms with E-state index in [1.807, 2.05) is 20.8 Å². The van der Waals surface area contributed by atoms with E-state index in [-0.39, 0.29) is 4.72 Å². The Kier molecular flexibility index (Phi) is 2.56. The van der Waals surface area contributed by atoms with E-state index >= 15 is 0 Å². The topological polar surface area (TPSA) is 17.1 Å². The molecule has 13 heavy (non-hydrogen) atoms. The van der Waals surface area contributed by atoms with Crippen LogP contribution >= 0.6 is 0 Å². The van der Waals surface area contributed by atoms with Crippen molar-refractivity contribution in [3.05, 3.63) is 22.3 Å². The van der Waals surface area contributed by atoms with Crippen molar-refractivity contribution in [3.8, 4) is 0 Å². The molecule has 1 rings (SSSR count). The molecule has 74 valence electrons. The van der Waals surface area contributed by atoms with E-state index in [2.05, 4.69) is 29.6 Å². The predicted molar refractivity (Wildman–Crippen MR) is 49.9 cm³/mol. The van der Waals surface area contributed by atoms with Gasteiger partial charge in [-0.3, -0.25) is 0 Å². The molecule has 0 aromatic carbocycles. The van der Waals surface area contributed by atoms with Crippen LogP contribution in [0.15, 0.2) is 22.3 Å². The summed E-state index contributed by atoms with van der Waals surface area (Å²) in [4.78, 5) is 11.5. The van der Waals surface area contributed by atoms with Gasteiger partial charge in [-0.1, -0.05) is 0 Å². The summed E-state index contributed by atoms with van der Waals surface area (Å²) in [5.41, 5.74) is 4.29. The second kappa shape index (κ2) is 3.10. The molecular weight excluding hydrogens is 207 g/mol. The molecule has 0 radical (unpaired) electrons. The molecule has 0 aliphatic heterocycles.